The number of nitrogens with zero attached hydrogens (tertiary/aromatic N) is 2. The van der Waals surface area contributed by atoms with Gasteiger partial charge in [-0.3, -0.25) is 9.59 Å². The molecular formula is C16H29N3O2. The summed E-state index contributed by atoms with van der Waals surface area (Å²) in [6.45, 7) is 9.60. The summed E-state index contributed by atoms with van der Waals surface area (Å²) in [5.41, 5.74) is -0.671. The second kappa shape index (κ2) is 6.77. The molecule has 2 aliphatic rings. The molecule has 21 heavy (non-hydrogen) atoms. The first-order valence-electron chi connectivity index (χ1n) is 8.40. The van der Waals surface area contributed by atoms with Crippen LogP contribution in [-0.4, -0.2) is 59.4 Å². The lowest BCUT2D eigenvalue weighted by atomic mass is 9.87. The maximum absolute atomic E-state index is 12.9. The van der Waals surface area contributed by atoms with Crippen molar-refractivity contribution in [3.8, 4) is 0 Å². The normalized spacial score (nSPS) is 24.2. The minimum absolute atomic E-state index is 0.00529. The van der Waals surface area contributed by atoms with Crippen molar-refractivity contribution in [3.63, 3.8) is 0 Å². The molecule has 2 aliphatic heterocycles. The lowest BCUT2D eigenvalue weighted by molar-refractivity contribution is -0.153. The van der Waals surface area contributed by atoms with Gasteiger partial charge in [-0.05, 0) is 38.6 Å². The molecule has 0 bridgehead atoms. The van der Waals surface area contributed by atoms with Crippen molar-refractivity contribution in [1.82, 2.24) is 15.1 Å². The molecule has 0 radical (unpaired) electrons. The Bertz CT molecular complexity index is 385. The highest BCUT2D eigenvalue weighted by atomic mass is 16.2. The first kappa shape index (κ1) is 16.3. The maximum Gasteiger partial charge on any atom is 0.249 e. The zero-order chi connectivity index (χ0) is 15.5. The van der Waals surface area contributed by atoms with Gasteiger partial charge in [-0.1, -0.05) is 20.8 Å². The van der Waals surface area contributed by atoms with E-state index < -0.39 is 5.54 Å². The number of piperazine rings is 1. The molecule has 0 unspecified atom stereocenters. The number of hydrogen-bond donors (Lipinski definition) is 1. The number of piperidine rings is 1. The average Bonchev–Trinajstić information content (AvgIpc) is 2.50. The summed E-state index contributed by atoms with van der Waals surface area (Å²) in [4.78, 5) is 29.2. The molecule has 2 saturated heterocycles. The lowest BCUT2D eigenvalue weighted by Gasteiger charge is -2.46. The highest BCUT2D eigenvalue weighted by Gasteiger charge is 2.46. The van der Waals surface area contributed by atoms with Crippen LogP contribution in [0.2, 0.25) is 0 Å². The van der Waals surface area contributed by atoms with Gasteiger partial charge in [0.05, 0.1) is 6.54 Å². The van der Waals surface area contributed by atoms with E-state index in [4.69, 9.17) is 0 Å². The third-order valence-electron chi connectivity index (χ3n) is 5.11. The topological polar surface area (TPSA) is 52.6 Å². The number of amides is 2. The molecule has 5 nitrogen and oxygen atoms in total. The van der Waals surface area contributed by atoms with Crippen molar-refractivity contribution in [2.75, 3.05) is 26.2 Å². The van der Waals surface area contributed by atoms with Gasteiger partial charge in [0, 0.05) is 19.1 Å². The molecule has 0 aliphatic carbocycles. The van der Waals surface area contributed by atoms with E-state index in [-0.39, 0.29) is 24.4 Å². The van der Waals surface area contributed by atoms with Gasteiger partial charge in [0.25, 0.3) is 0 Å². The Morgan fingerprint density at radius 3 is 2.29 bits per heavy atom. The van der Waals surface area contributed by atoms with Gasteiger partial charge >= 0.3 is 0 Å². The van der Waals surface area contributed by atoms with E-state index in [0.717, 1.165) is 32.5 Å². The van der Waals surface area contributed by atoms with Gasteiger partial charge in [-0.15, -0.1) is 0 Å². The molecule has 0 atom stereocenters. The van der Waals surface area contributed by atoms with Gasteiger partial charge in [0.1, 0.15) is 5.54 Å². The SMILES string of the molecule is CCCN1CCC(N2CC(=O)NC(CC)(CC)C2=O)CC1. The summed E-state index contributed by atoms with van der Waals surface area (Å²) in [6.07, 6.45) is 4.48. The Hall–Kier alpha value is -1.10. The van der Waals surface area contributed by atoms with E-state index in [0.29, 0.717) is 12.8 Å². The van der Waals surface area contributed by atoms with Crippen LogP contribution in [0.25, 0.3) is 0 Å². The molecule has 0 aromatic rings. The predicted octanol–water partition coefficient (Wildman–Crippen LogP) is 1.38. The van der Waals surface area contributed by atoms with Crippen molar-refractivity contribution in [1.29, 1.82) is 0 Å². The van der Waals surface area contributed by atoms with Gasteiger partial charge < -0.3 is 15.1 Å². The first-order valence-corrected chi connectivity index (χ1v) is 8.40. The Morgan fingerprint density at radius 1 is 1.14 bits per heavy atom. The molecule has 2 amide bonds. The molecule has 5 heteroatoms. The maximum atomic E-state index is 12.9. The fourth-order valence-corrected chi connectivity index (χ4v) is 3.66. The number of carbonyl (C=O) groups is 2. The minimum Gasteiger partial charge on any atom is -0.340 e. The van der Waals surface area contributed by atoms with Crippen LogP contribution in [0.4, 0.5) is 0 Å². The zero-order valence-electron chi connectivity index (χ0n) is 13.7. The van der Waals surface area contributed by atoms with Crippen LogP contribution in [0, 0.1) is 0 Å². The molecule has 2 heterocycles. The Balaban J connectivity index is 2.05. The molecule has 0 aromatic heterocycles. The minimum atomic E-state index is -0.671. The van der Waals surface area contributed by atoms with Crippen LogP contribution in [0.15, 0.2) is 0 Å². The van der Waals surface area contributed by atoms with E-state index in [1.54, 1.807) is 0 Å². The van der Waals surface area contributed by atoms with Crippen molar-refractivity contribution >= 4 is 11.8 Å². The van der Waals surface area contributed by atoms with E-state index in [1.807, 2.05) is 18.7 Å². The standard InChI is InChI=1S/C16H29N3O2/c1-4-9-18-10-7-13(8-11-18)19-12-14(20)17-16(5-2,6-3)15(19)21/h13H,4-12H2,1-3H3,(H,17,20). The van der Waals surface area contributed by atoms with Crippen LogP contribution >= 0.6 is 0 Å². The quantitative estimate of drug-likeness (QED) is 0.833. The third kappa shape index (κ3) is 3.23. The van der Waals surface area contributed by atoms with Crippen molar-refractivity contribution in [2.24, 2.45) is 0 Å². The summed E-state index contributed by atoms with van der Waals surface area (Å²) in [6, 6.07) is 0.231. The van der Waals surface area contributed by atoms with Gasteiger partial charge in [0.15, 0.2) is 0 Å². The predicted molar refractivity (Wildman–Crippen MR) is 82.9 cm³/mol. The molecule has 0 aromatic carbocycles. The molecule has 1 N–H and O–H groups in total. The lowest BCUT2D eigenvalue weighted by Crippen LogP contribution is -2.68. The van der Waals surface area contributed by atoms with Crippen LogP contribution < -0.4 is 5.32 Å². The number of nitrogens with one attached hydrogen (secondary N) is 1. The largest absolute Gasteiger partial charge is 0.340 e. The monoisotopic (exact) mass is 295 g/mol. The summed E-state index contributed by atoms with van der Waals surface area (Å²) >= 11 is 0. The fourth-order valence-electron chi connectivity index (χ4n) is 3.66. The molecular weight excluding hydrogens is 266 g/mol. The first-order chi connectivity index (χ1) is 10.1. The smallest absolute Gasteiger partial charge is 0.249 e. The summed E-state index contributed by atoms with van der Waals surface area (Å²) < 4.78 is 0. The average molecular weight is 295 g/mol. The van der Waals surface area contributed by atoms with Gasteiger partial charge in [-0.25, -0.2) is 0 Å². The number of carbonyl (C=O) groups excluding carboxylic acids is 2. The summed E-state index contributed by atoms with van der Waals surface area (Å²) in [5.74, 6) is 0.121. The van der Waals surface area contributed by atoms with E-state index in [2.05, 4.69) is 17.1 Å². The molecule has 120 valence electrons. The van der Waals surface area contributed by atoms with Crippen molar-refractivity contribution in [2.45, 2.75) is 64.5 Å². The number of hydrogen-bond acceptors (Lipinski definition) is 3. The van der Waals surface area contributed by atoms with Crippen LogP contribution in [0.1, 0.15) is 52.9 Å². The molecule has 0 spiro atoms. The highest BCUT2D eigenvalue weighted by molar-refractivity contribution is 5.98. The fraction of sp³-hybridized carbons (Fsp3) is 0.875. The van der Waals surface area contributed by atoms with Crippen LogP contribution in [0.3, 0.4) is 0 Å². The zero-order valence-corrected chi connectivity index (χ0v) is 13.7. The van der Waals surface area contributed by atoms with Crippen molar-refractivity contribution < 1.29 is 9.59 Å². The number of rotatable bonds is 5. The Labute approximate surface area is 128 Å². The van der Waals surface area contributed by atoms with E-state index >= 15 is 0 Å². The Kier molecular flexibility index (Phi) is 5.25. The number of likely N-dealkylation sites (tertiary alicyclic amines) is 1. The third-order valence-corrected chi connectivity index (χ3v) is 5.11. The second-order valence-electron chi connectivity index (χ2n) is 6.34. The second-order valence-corrected chi connectivity index (χ2v) is 6.34. The molecule has 0 saturated carbocycles. The van der Waals surface area contributed by atoms with Crippen LogP contribution in [-0.2, 0) is 9.59 Å². The van der Waals surface area contributed by atoms with E-state index in [1.165, 1.54) is 6.42 Å². The van der Waals surface area contributed by atoms with Gasteiger partial charge in [0.2, 0.25) is 11.8 Å². The summed E-state index contributed by atoms with van der Waals surface area (Å²) in [5, 5.41) is 2.94. The van der Waals surface area contributed by atoms with Crippen LogP contribution in [0.5, 0.6) is 0 Å². The Morgan fingerprint density at radius 2 is 1.76 bits per heavy atom. The van der Waals surface area contributed by atoms with Crippen molar-refractivity contribution in [3.05, 3.63) is 0 Å². The highest BCUT2D eigenvalue weighted by Crippen LogP contribution is 2.27. The van der Waals surface area contributed by atoms with Gasteiger partial charge in [-0.2, -0.15) is 0 Å². The van der Waals surface area contributed by atoms with E-state index in [9.17, 15) is 9.59 Å². The molecule has 2 rings (SSSR count). The molecule has 2 fully saturated rings. The summed E-state index contributed by atoms with van der Waals surface area (Å²) in [7, 11) is 0.